The monoisotopic (exact) mass is 570 g/mol. The number of aliphatic hydroxyl groups is 1. The molecule has 2 aliphatic rings. The molecule has 7 nitrogen and oxygen atoms in total. The number of rotatable bonds is 8. The lowest BCUT2D eigenvalue weighted by atomic mass is 9.80. The minimum Gasteiger partial charge on any atom is -0.385 e. The summed E-state index contributed by atoms with van der Waals surface area (Å²) >= 11 is 0. The summed E-state index contributed by atoms with van der Waals surface area (Å²) in [5.41, 5.74) is 0.906. The molecule has 3 aromatic rings. The van der Waals surface area contributed by atoms with Crippen LogP contribution in [0.4, 0.5) is 13.2 Å². The molecule has 2 heterocycles. The van der Waals surface area contributed by atoms with Crippen molar-refractivity contribution in [2.75, 3.05) is 33.4 Å². The third kappa shape index (κ3) is 6.34. The molecule has 10 heteroatoms. The highest BCUT2D eigenvalue weighted by Gasteiger charge is 2.42. The number of ether oxygens (including phenoxy) is 1. The first kappa shape index (κ1) is 29.3. The van der Waals surface area contributed by atoms with Gasteiger partial charge in [0.25, 0.3) is 5.91 Å². The summed E-state index contributed by atoms with van der Waals surface area (Å²) in [7, 11) is 1.58. The zero-order valence-corrected chi connectivity index (χ0v) is 23.2. The molecule has 220 valence electrons. The van der Waals surface area contributed by atoms with Gasteiger partial charge < -0.3 is 24.6 Å². The molecule has 1 aliphatic heterocycles. The molecule has 2 N–H and O–H groups in total. The number of imidazole rings is 1. The standard InChI is InChI=1S/C31H37F3N4O3/c1-41-20-30(40)16-6-5-9-26(30)38-21-36-27(28(38)23-7-3-2-4-8-23)29(39)37-18-17-35-19-25(37)15-12-22-10-13-24(14-11-22)31(32,33)34/h2-4,7-8,10-11,13-14,21,25-26,35,40H,5-6,9,12,15-20H2,1H3/t25-,26-,30-/m1/s1. The molecule has 3 atom stereocenters. The Morgan fingerprint density at radius 1 is 1.15 bits per heavy atom. The number of halogens is 3. The molecule has 1 amide bonds. The fraction of sp³-hybridized carbons (Fsp3) is 0.484. The Balaban J connectivity index is 1.42. The number of nitrogens with zero attached hydrogens (tertiary/aromatic N) is 3. The molecular weight excluding hydrogens is 533 g/mol. The maximum absolute atomic E-state index is 14.2. The Morgan fingerprint density at radius 2 is 1.90 bits per heavy atom. The zero-order valence-electron chi connectivity index (χ0n) is 23.2. The van der Waals surface area contributed by atoms with E-state index in [1.54, 1.807) is 13.4 Å². The number of amides is 1. The van der Waals surface area contributed by atoms with Crippen LogP contribution in [0, 0.1) is 0 Å². The first-order valence-electron chi connectivity index (χ1n) is 14.2. The van der Waals surface area contributed by atoms with Crippen molar-refractivity contribution in [2.24, 2.45) is 0 Å². The van der Waals surface area contributed by atoms with Crippen molar-refractivity contribution in [3.05, 3.63) is 77.7 Å². The van der Waals surface area contributed by atoms with E-state index in [2.05, 4.69) is 10.3 Å². The van der Waals surface area contributed by atoms with Crippen LogP contribution >= 0.6 is 0 Å². The fourth-order valence-corrected chi connectivity index (χ4v) is 6.27. The number of nitrogens with one attached hydrogen (secondary N) is 1. The first-order valence-corrected chi connectivity index (χ1v) is 14.2. The van der Waals surface area contributed by atoms with E-state index in [0.29, 0.717) is 50.3 Å². The van der Waals surface area contributed by atoms with Crippen LogP contribution < -0.4 is 5.32 Å². The number of aromatic nitrogens is 2. The second-order valence-electron chi connectivity index (χ2n) is 11.1. The zero-order chi connectivity index (χ0) is 29.0. The van der Waals surface area contributed by atoms with Crippen LogP contribution in [-0.4, -0.2) is 70.5 Å². The number of carbonyl (C=O) groups excluding carboxylic acids is 1. The van der Waals surface area contributed by atoms with Gasteiger partial charge in [-0.15, -0.1) is 0 Å². The Bertz CT molecular complexity index is 1310. The maximum Gasteiger partial charge on any atom is 0.416 e. The van der Waals surface area contributed by atoms with Crippen molar-refractivity contribution < 1.29 is 27.8 Å². The van der Waals surface area contributed by atoms with Crippen LogP contribution in [-0.2, 0) is 17.3 Å². The highest BCUT2D eigenvalue weighted by molar-refractivity contribution is 5.98. The van der Waals surface area contributed by atoms with Crippen LogP contribution in [0.15, 0.2) is 60.9 Å². The minimum absolute atomic E-state index is 0.146. The van der Waals surface area contributed by atoms with Crippen LogP contribution in [0.5, 0.6) is 0 Å². The van der Waals surface area contributed by atoms with E-state index in [1.165, 1.54) is 12.1 Å². The van der Waals surface area contributed by atoms with Crippen LogP contribution in [0.3, 0.4) is 0 Å². The van der Waals surface area contributed by atoms with Gasteiger partial charge in [0.1, 0.15) is 5.60 Å². The van der Waals surface area contributed by atoms with E-state index in [-0.39, 0.29) is 24.6 Å². The van der Waals surface area contributed by atoms with Gasteiger partial charge in [0.15, 0.2) is 5.69 Å². The molecule has 0 spiro atoms. The molecule has 1 saturated carbocycles. The third-order valence-corrected chi connectivity index (χ3v) is 8.39. The van der Waals surface area contributed by atoms with Gasteiger partial charge in [0.05, 0.1) is 30.2 Å². The fourth-order valence-electron chi connectivity index (χ4n) is 6.27. The van der Waals surface area contributed by atoms with Gasteiger partial charge in [-0.3, -0.25) is 4.79 Å². The number of alkyl halides is 3. The van der Waals surface area contributed by atoms with Crippen LogP contribution in [0.25, 0.3) is 11.3 Å². The summed E-state index contributed by atoms with van der Waals surface area (Å²) < 4.78 is 46.3. The van der Waals surface area contributed by atoms with E-state index in [0.717, 1.165) is 42.5 Å². The summed E-state index contributed by atoms with van der Waals surface area (Å²) in [5.74, 6) is -0.187. The number of carbonyl (C=O) groups is 1. The summed E-state index contributed by atoms with van der Waals surface area (Å²) in [5, 5.41) is 14.9. The van der Waals surface area contributed by atoms with Crippen molar-refractivity contribution in [3.8, 4) is 11.3 Å². The molecular formula is C31H37F3N4O3. The van der Waals surface area contributed by atoms with Gasteiger partial charge >= 0.3 is 6.18 Å². The number of piperazine rings is 1. The first-order chi connectivity index (χ1) is 19.7. The summed E-state index contributed by atoms with van der Waals surface area (Å²) in [6.45, 7) is 1.91. The number of benzene rings is 2. The van der Waals surface area contributed by atoms with Gasteiger partial charge in [0, 0.05) is 38.3 Å². The van der Waals surface area contributed by atoms with Gasteiger partial charge in [-0.05, 0) is 43.4 Å². The topological polar surface area (TPSA) is 79.6 Å². The predicted octanol–water partition coefficient (Wildman–Crippen LogP) is 5.11. The Morgan fingerprint density at radius 3 is 2.61 bits per heavy atom. The van der Waals surface area contributed by atoms with Gasteiger partial charge in [0.2, 0.25) is 0 Å². The number of aryl methyl sites for hydroxylation is 1. The second kappa shape index (κ2) is 12.3. The maximum atomic E-state index is 14.2. The van der Waals surface area contributed by atoms with Crippen molar-refractivity contribution in [1.82, 2.24) is 19.8 Å². The molecule has 1 aromatic heterocycles. The molecule has 5 rings (SSSR count). The molecule has 1 aliphatic carbocycles. The Hall–Kier alpha value is -3.21. The number of hydrogen-bond donors (Lipinski definition) is 2. The summed E-state index contributed by atoms with van der Waals surface area (Å²) in [6.07, 6.45) is 1.65. The minimum atomic E-state index is -4.37. The molecule has 41 heavy (non-hydrogen) atoms. The molecule has 0 radical (unpaired) electrons. The SMILES string of the molecule is COC[C@]1(O)CCCC[C@H]1n1cnc(C(=O)N2CCNC[C@H]2CCc2ccc(C(F)(F)F)cc2)c1-c1ccccc1. The lowest BCUT2D eigenvalue weighted by molar-refractivity contribution is -0.137. The number of methoxy groups -OCH3 is 1. The summed E-state index contributed by atoms with van der Waals surface area (Å²) in [4.78, 5) is 20.6. The van der Waals surface area contributed by atoms with Crippen molar-refractivity contribution in [3.63, 3.8) is 0 Å². The largest absolute Gasteiger partial charge is 0.416 e. The van der Waals surface area contributed by atoms with Crippen LogP contribution in [0.2, 0.25) is 0 Å². The average Bonchev–Trinajstić information content (AvgIpc) is 3.41. The Labute approximate surface area is 238 Å². The normalized spacial score (nSPS) is 23.5. The third-order valence-electron chi connectivity index (χ3n) is 8.39. The quantitative estimate of drug-likeness (QED) is 0.394. The van der Waals surface area contributed by atoms with Gasteiger partial charge in [-0.1, -0.05) is 55.3 Å². The molecule has 1 saturated heterocycles. The summed E-state index contributed by atoms with van der Waals surface area (Å²) in [6, 6.07) is 14.4. The van der Waals surface area contributed by atoms with Crippen molar-refractivity contribution in [1.29, 1.82) is 0 Å². The van der Waals surface area contributed by atoms with Crippen molar-refractivity contribution in [2.45, 2.75) is 62.4 Å². The van der Waals surface area contributed by atoms with Crippen LogP contribution in [0.1, 0.15) is 59.8 Å². The van der Waals surface area contributed by atoms with E-state index in [4.69, 9.17) is 4.74 Å². The second-order valence-corrected chi connectivity index (χ2v) is 11.1. The lowest BCUT2D eigenvalue weighted by Crippen LogP contribution is -2.54. The highest BCUT2D eigenvalue weighted by Crippen LogP contribution is 2.41. The molecule has 2 fully saturated rings. The predicted molar refractivity (Wildman–Crippen MR) is 149 cm³/mol. The average molecular weight is 571 g/mol. The van der Waals surface area contributed by atoms with E-state index in [1.807, 2.05) is 39.8 Å². The van der Waals surface area contributed by atoms with Gasteiger partial charge in [-0.2, -0.15) is 13.2 Å². The molecule has 0 unspecified atom stereocenters. The van der Waals surface area contributed by atoms with E-state index >= 15 is 0 Å². The molecule has 0 bridgehead atoms. The molecule has 2 aromatic carbocycles. The Kier molecular flexibility index (Phi) is 8.82. The van der Waals surface area contributed by atoms with E-state index in [9.17, 15) is 23.1 Å². The van der Waals surface area contributed by atoms with E-state index < -0.39 is 17.3 Å². The van der Waals surface area contributed by atoms with Gasteiger partial charge in [-0.25, -0.2) is 4.98 Å². The highest BCUT2D eigenvalue weighted by atomic mass is 19.4. The lowest BCUT2D eigenvalue weighted by Gasteiger charge is -2.41. The van der Waals surface area contributed by atoms with Crippen molar-refractivity contribution >= 4 is 5.91 Å². The smallest absolute Gasteiger partial charge is 0.385 e. The number of hydrogen-bond acceptors (Lipinski definition) is 5.